The van der Waals surface area contributed by atoms with Crippen LogP contribution in [0.3, 0.4) is 0 Å². The van der Waals surface area contributed by atoms with Crippen molar-refractivity contribution in [1.82, 2.24) is 0 Å². The van der Waals surface area contributed by atoms with E-state index in [0.29, 0.717) is 5.56 Å². The van der Waals surface area contributed by atoms with E-state index < -0.39 is 32.5 Å². The van der Waals surface area contributed by atoms with Gasteiger partial charge in [-0.05, 0) is 38.3 Å². The highest BCUT2D eigenvalue weighted by molar-refractivity contribution is 7.92. The Morgan fingerprint density at radius 3 is 2.18 bits per heavy atom. The average molecular weight is 332 g/mol. The molecule has 1 rings (SSSR count). The second kappa shape index (κ2) is 8.04. The van der Waals surface area contributed by atoms with E-state index in [1.54, 1.807) is 19.1 Å². The molecule has 0 saturated heterocycles. The van der Waals surface area contributed by atoms with Crippen LogP contribution in [-0.4, -0.2) is 25.1 Å². The molecule has 6 heteroatoms. The summed E-state index contributed by atoms with van der Waals surface area (Å²) in [6, 6.07) is 4.68. The molecule has 1 atom stereocenters. The molecule has 0 aliphatic carbocycles. The molecule has 1 aromatic rings. The van der Waals surface area contributed by atoms with Gasteiger partial charge in [0.1, 0.15) is 5.82 Å². The zero-order valence-corrected chi connectivity index (χ0v) is 15.2. The van der Waals surface area contributed by atoms with E-state index in [4.69, 9.17) is 11.5 Å². The first kappa shape index (κ1) is 21.0. The van der Waals surface area contributed by atoms with Crippen LogP contribution in [0.5, 0.6) is 0 Å². The molecule has 0 aromatic heterocycles. The maximum absolute atomic E-state index is 13.8. The fraction of sp³-hybridized carbons (Fsp3) is 0.625. The summed E-state index contributed by atoms with van der Waals surface area (Å²) in [7, 11) is -3.55. The molecule has 1 unspecified atom stereocenters. The summed E-state index contributed by atoms with van der Waals surface area (Å²) >= 11 is 0. The Morgan fingerprint density at radius 1 is 1.23 bits per heavy atom. The van der Waals surface area contributed by atoms with Crippen LogP contribution in [-0.2, 0) is 9.84 Å². The molecule has 0 heterocycles. The van der Waals surface area contributed by atoms with Gasteiger partial charge in [0.15, 0.2) is 9.84 Å². The molecule has 0 spiro atoms. The highest BCUT2D eigenvalue weighted by Gasteiger charge is 2.39. The minimum absolute atomic E-state index is 0.189. The predicted octanol–water partition coefficient (Wildman–Crippen LogP) is 2.70. The lowest BCUT2D eigenvalue weighted by atomic mass is 10.0. The van der Waals surface area contributed by atoms with Crippen LogP contribution in [0.15, 0.2) is 18.2 Å². The molecule has 4 N–H and O–H groups in total. The number of benzene rings is 1. The molecule has 0 radical (unpaired) electrons. The summed E-state index contributed by atoms with van der Waals surface area (Å²) in [6.07, 6.45) is -0.984. The van der Waals surface area contributed by atoms with Gasteiger partial charge < -0.3 is 11.5 Å². The highest BCUT2D eigenvalue weighted by Crippen LogP contribution is 2.27. The summed E-state index contributed by atoms with van der Waals surface area (Å²) < 4.78 is 37.3. The van der Waals surface area contributed by atoms with Gasteiger partial charge in [0.05, 0.1) is 16.7 Å². The average Bonchev–Trinajstić information content (AvgIpc) is 2.42. The molecular formula is C16H29FN2O2S. The van der Waals surface area contributed by atoms with E-state index >= 15 is 0 Å². The van der Waals surface area contributed by atoms with Crippen molar-refractivity contribution < 1.29 is 12.8 Å². The van der Waals surface area contributed by atoms with Crippen LogP contribution < -0.4 is 11.5 Å². The van der Waals surface area contributed by atoms with Crippen molar-refractivity contribution in [3.63, 3.8) is 0 Å². The van der Waals surface area contributed by atoms with Crippen molar-refractivity contribution in [2.24, 2.45) is 11.5 Å². The standard InChI is InChI=1S/C14H23FN2O2S.C2H6/c1-9-5-6-12(15)11(7-9)10(2)8-20(18,19)14(3,4)13(16)17;1-2/h5-7,10,13H,8,16-17H2,1-4H3;1-2H3. The van der Waals surface area contributed by atoms with Crippen molar-refractivity contribution in [1.29, 1.82) is 0 Å². The Morgan fingerprint density at radius 2 is 1.73 bits per heavy atom. The van der Waals surface area contributed by atoms with Crippen LogP contribution >= 0.6 is 0 Å². The third kappa shape index (κ3) is 4.76. The molecule has 0 amide bonds. The smallest absolute Gasteiger partial charge is 0.158 e. The molecule has 128 valence electrons. The topological polar surface area (TPSA) is 86.2 Å². The minimum Gasteiger partial charge on any atom is -0.315 e. The van der Waals surface area contributed by atoms with Gasteiger partial charge in [0.2, 0.25) is 0 Å². The highest BCUT2D eigenvalue weighted by atomic mass is 32.2. The summed E-state index contributed by atoms with van der Waals surface area (Å²) in [4.78, 5) is 0. The molecule has 0 saturated carbocycles. The van der Waals surface area contributed by atoms with Gasteiger partial charge in [-0.3, -0.25) is 0 Å². The Hall–Kier alpha value is -0.980. The van der Waals surface area contributed by atoms with Crippen LogP contribution in [0.4, 0.5) is 4.39 Å². The number of aryl methyl sites for hydroxylation is 1. The van der Waals surface area contributed by atoms with E-state index in [-0.39, 0.29) is 5.75 Å². The van der Waals surface area contributed by atoms with Gasteiger partial charge in [0.25, 0.3) is 0 Å². The van der Waals surface area contributed by atoms with Crippen molar-refractivity contribution >= 4 is 9.84 Å². The van der Waals surface area contributed by atoms with Gasteiger partial charge in [-0.25, -0.2) is 12.8 Å². The number of hydrogen-bond acceptors (Lipinski definition) is 4. The fourth-order valence-electron chi connectivity index (χ4n) is 1.88. The SMILES string of the molecule is CC.Cc1ccc(F)c(C(C)CS(=O)(=O)C(C)(C)C(N)N)c1. The van der Waals surface area contributed by atoms with E-state index in [1.807, 2.05) is 20.8 Å². The molecule has 0 aliphatic heterocycles. The van der Waals surface area contributed by atoms with Crippen molar-refractivity contribution in [3.05, 3.63) is 35.1 Å². The number of nitrogens with two attached hydrogens (primary N) is 2. The Bertz CT molecular complexity index is 584. The molecule has 0 fully saturated rings. The van der Waals surface area contributed by atoms with Gasteiger partial charge in [-0.1, -0.05) is 38.5 Å². The predicted molar refractivity (Wildman–Crippen MR) is 90.9 cm³/mol. The molecule has 0 aliphatic rings. The van der Waals surface area contributed by atoms with E-state index in [9.17, 15) is 12.8 Å². The first-order valence-corrected chi connectivity index (χ1v) is 9.14. The third-order valence-corrected chi connectivity index (χ3v) is 6.57. The van der Waals surface area contributed by atoms with Crippen molar-refractivity contribution in [2.75, 3.05) is 5.75 Å². The quantitative estimate of drug-likeness (QED) is 0.812. The third-order valence-electron chi connectivity index (χ3n) is 3.76. The maximum Gasteiger partial charge on any atom is 0.158 e. The van der Waals surface area contributed by atoms with Gasteiger partial charge in [-0.2, -0.15) is 0 Å². The van der Waals surface area contributed by atoms with E-state index in [1.165, 1.54) is 19.9 Å². The van der Waals surface area contributed by atoms with Crippen LogP contribution in [0.2, 0.25) is 0 Å². The van der Waals surface area contributed by atoms with Crippen LogP contribution in [0.25, 0.3) is 0 Å². The summed E-state index contributed by atoms with van der Waals surface area (Å²) in [5, 5.41) is 0. The van der Waals surface area contributed by atoms with Crippen molar-refractivity contribution in [2.45, 2.75) is 58.4 Å². The van der Waals surface area contributed by atoms with Crippen molar-refractivity contribution in [3.8, 4) is 0 Å². The second-order valence-corrected chi connectivity index (χ2v) is 8.45. The second-order valence-electron chi connectivity index (χ2n) is 5.84. The zero-order chi connectivity index (χ0) is 17.7. The number of rotatable bonds is 5. The maximum atomic E-state index is 13.8. The van der Waals surface area contributed by atoms with Crippen LogP contribution in [0, 0.1) is 12.7 Å². The minimum atomic E-state index is -3.55. The first-order valence-electron chi connectivity index (χ1n) is 7.48. The van der Waals surface area contributed by atoms with Gasteiger partial charge in [-0.15, -0.1) is 0 Å². The number of sulfone groups is 1. The number of hydrogen-bond donors (Lipinski definition) is 2. The molecule has 0 bridgehead atoms. The Balaban J connectivity index is 0.00000211. The molecule has 4 nitrogen and oxygen atoms in total. The summed E-state index contributed by atoms with van der Waals surface area (Å²) in [5.41, 5.74) is 12.4. The summed E-state index contributed by atoms with van der Waals surface area (Å²) in [5.74, 6) is -1.04. The lowest BCUT2D eigenvalue weighted by molar-refractivity contribution is 0.486. The largest absolute Gasteiger partial charge is 0.315 e. The fourth-order valence-corrected chi connectivity index (χ4v) is 3.56. The zero-order valence-electron chi connectivity index (χ0n) is 14.4. The van der Waals surface area contributed by atoms with Crippen LogP contribution in [0.1, 0.15) is 51.7 Å². The van der Waals surface area contributed by atoms with E-state index in [0.717, 1.165) is 5.56 Å². The summed E-state index contributed by atoms with van der Waals surface area (Å²) in [6.45, 7) is 10.5. The Labute approximate surface area is 134 Å². The molecular weight excluding hydrogens is 303 g/mol. The molecule has 1 aromatic carbocycles. The lowest BCUT2D eigenvalue weighted by Crippen LogP contribution is -2.55. The van der Waals surface area contributed by atoms with Gasteiger partial charge in [0, 0.05) is 0 Å². The molecule has 22 heavy (non-hydrogen) atoms. The van der Waals surface area contributed by atoms with E-state index in [2.05, 4.69) is 0 Å². The first-order chi connectivity index (χ1) is 9.99. The van der Waals surface area contributed by atoms with Gasteiger partial charge >= 0.3 is 0 Å². The normalized spacial score (nSPS) is 13.5. The Kier molecular flexibility index (Phi) is 7.68. The monoisotopic (exact) mass is 332 g/mol. The number of halogens is 1. The lowest BCUT2D eigenvalue weighted by Gasteiger charge is -2.30.